The molecule has 2 aromatic carbocycles. The second-order valence-corrected chi connectivity index (χ2v) is 10.6. The molecular weight excluding hydrogens is 414 g/mol. The van der Waals surface area contributed by atoms with Gasteiger partial charge in [0.05, 0.1) is 22.7 Å². The lowest BCUT2D eigenvalue weighted by Crippen LogP contribution is -2.29. The van der Waals surface area contributed by atoms with Crippen molar-refractivity contribution < 1.29 is 14.6 Å². The Balaban J connectivity index is 1.79. The number of nitrogens with one attached hydrogen (secondary N) is 1. The molecule has 1 heterocycles. The summed E-state index contributed by atoms with van der Waals surface area (Å²) in [5.74, 6) is 1.26. The quantitative estimate of drug-likeness (QED) is 0.425. The van der Waals surface area contributed by atoms with Crippen LogP contribution in [0.4, 0.5) is 11.6 Å². The molecule has 1 fully saturated rings. The first-order chi connectivity index (χ1) is 15.5. The van der Waals surface area contributed by atoms with E-state index in [1.165, 1.54) is 6.42 Å². The van der Waals surface area contributed by atoms with E-state index in [0.717, 1.165) is 41.3 Å². The number of aryl methyl sites for hydroxylation is 1. The van der Waals surface area contributed by atoms with E-state index < -0.39 is 5.97 Å². The fourth-order valence-electron chi connectivity index (χ4n) is 5.50. The van der Waals surface area contributed by atoms with Crippen LogP contribution >= 0.6 is 0 Å². The van der Waals surface area contributed by atoms with Gasteiger partial charge in [-0.15, -0.1) is 0 Å². The molecule has 176 valence electrons. The number of carboxylic acid groups (broad SMARTS) is 1. The average molecular weight is 450 g/mol. The number of ether oxygens (including phenoxy) is 1. The van der Waals surface area contributed by atoms with Crippen LogP contribution in [-0.2, 0) is 0 Å². The Morgan fingerprint density at radius 1 is 1.18 bits per heavy atom. The van der Waals surface area contributed by atoms with Crippen molar-refractivity contribution in [1.82, 2.24) is 9.55 Å². The summed E-state index contributed by atoms with van der Waals surface area (Å²) in [5, 5.41) is 13.1. The molecule has 1 aromatic heterocycles. The van der Waals surface area contributed by atoms with Crippen LogP contribution in [0, 0.1) is 18.3 Å². The molecule has 1 aliphatic carbocycles. The lowest BCUT2D eigenvalue weighted by atomic mass is 9.70. The molecule has 6 heteroatoms. The summed E-state index contributed by atoms with van der Waals surface area (Å²) in [5.41, 5.74) is 3.88. The van der Waals surface area contributed by atoms with E-state index >= 15 is 0 Å². The minimum Gasteiger partial charge on any atom is -0.491 e. The molecule has 3 aromatic rings. The number of hydrogen-bond donors (Lipinski definition) is 2. The first kappa shape index (κ1) is 23.1. The summed E-state index contributed by atoms with van der Waals surface area (Å²) in [6.07, 6.45) is 3.46. The molecule has 2 atom stereocenters. The molecule has 0 amide bonds. The number of rotatable bonds is 6. The fourth-order valence-corrected chi connectivity index (χ4v) is 5.50. The number of aromatic nitrogens is 2. The van der Waals surface area contributed by atoms with Gasteiger partial charge in [0.1, 0.15) is 5.75 Å². The van der Waals surface area contributed by atoms with E-state index in [1.807, 2.05) is 51.1 Å². The van der Waals surface area contributed by atoms with E-state index in [2.05, 4.69) is 30.7 Å². The molecule has 0 radical (unpaired) electrons. The zero-order valence-corrected chi connectivity index (χ0v) is 20.5. The van der Waals surface area contributed by atoms with Crippen LogP contribution in [0.25, 0.3) is 11.0 Å². The van der Waals surface area contributed by atoms with Crippen LogP contribution in [0.3, 0.4) is 0 Å². The number of imidazole rings is 1. The molecule has 4 rings (SSSR count). The minimum atomic E-state index is -0.924. The van der Waals surface area contributed by atoms with Crippen molar-refractivity contribution in [3.8, 4) is 5.75 Å². The Labute approximate surface area is 196 Å². The average Bonchev–Trinajstić information content (AvgIpc) is 3.06. The van der Waals surface area contributed by atoms with Gasteiger partial charge in [0, 0.05) is 11.7 Å². The number of benzene rings is 2. The molecule has 33 heavy (non-hydrogen) atoms. The molecule has 0 saturated heterocycles. The second-order valence-electron chi connectivity index (χ2n) is 10.6. The maximum atomic E-state index is 11.7. The van der Waals surface area contributed by atoms with Crippen molar-refractivity contribution in [1.29, 1.82) is 0 Å². The number of anilines is 2. The lowest BCUT2D eigenvalue weighted by Gasteiger charge is -2.40. The molecule has 1 aliphatic rings. The molecule has 2 N–H and O–H groups in total. The first-order valence-corrected chi connectivity index (χ1v) is 11.8. The van der Waals surface area contributed by atoms with Crippen LogP contribution in [-0.4, -0.2) is 26.7 Å². The highest BCUT2D eigenvalue weighted by molar-refractivity contribution is 5.96. The molecular formula is C27H35N3O3. The van der Waals surface area contributed by atoms with Crippen LogP contribution in [0.5, 0.6) is 5.75 Å². The van der Waals surface area contributed by atoms with Crippen molar-refractivity contribution in [2.75, 3.05) is 5.32 Å². The number of carboxylic acids is 1. The Hall–Kier alpha value is -3.02. The SMILES string of the molecule is Cc1c(C(=O)O)ccc2c1nc(Nc1ccc(OC(C)C)cc1)n2C1C[C@H](C)CC(C)(C)C1. The van der Waals surface area contributed by atoms with Crippen molar-refractivity contribution in [3.05, 3.63) is 47.5 Å². The van der Waals surface area contributed by atoms with E-state index in [-0.39, 0.29) is 17.6 Å². The summed E-state index contributed by atoms with van der Waals surface area (Å²) in [6.45, 7) is 12.9. The number of nitrogens with zero attached hydrogens (tertiary/aromatic N) is 2. The monoisotopic (exact) mass is 449 g/mol. The highest BCUT2D eigenvalue weighted by Gasteiger charge is 2.35. The Bertz CT molecular complexity index is 1160. The van der Waals surface area contributed by atoms with E-state index in [9.17, 15) is 9.90 Å². The number of fused-ring (bicyclic) bond motifs is 1. The minimum absolute atomic E-state index is 0.121. The lowest BCUT2D eigenvalue weighted by molar-refractivity contribution is 0.0696. The standard InChI is InChI=1S/C27H35N3O3/c1-16(2)33-21-9-7-19(8-10-21)28-26-29-24-18(4)22(25(31)32)11-12-23(24)30(26)20-13-17(3)14-27(5,6)15-20/h7-12,16-17,20H,13-15H2,1-6H3,(H,28,29)(H,31,32)/t17-,20?/m0/s1. The van der Waals surface area contributed by atoms with Crippen LogP contribution in [0.15, 0.2) is 36.4 Å². The summed E-state index contributed by atoms with van der Waals surface area (Å²) in [6, 6.07) is 11.8. The Morgan fingerprint density at radius 3 is 2.48 bits per heavy atom. The van der Waals surface area contributed by atoms with Crippen molar-refractivity contribution in [2.24, 2.45) is 11.3 Å². The molecule has 0 bridgehead atoms. The van der Waals surface area contributed by atoms with Gasteiger partial charge in [-0.05, 0) is 93.3 Å². The van der Waals surface area contributed by atoms with Crippen molar-refractivity contribution in [2.45, 2.75) is 73.0 Å². The number of carbonyl (C=O) groups is 1. The largest absolute Gasteiger partial charge is 0.491 e. The highest BCUT2D eigenvalue weighted by atomic mass is 16.5. The summed E-state index contributed by atoms with van der Waals surface area (Å²) in [7, 11) is 0. The Morgan fingerprint density at radius 2 is 1.88 bits per heavy atom. The van der Waals surface area contributed by atoms with Crippen LogP contribution in [0.1, 0.15) is 75.8 Å². The number of hydrogen-bond acceptors (Lipinski definition) is 4. The Kier molecular flexibility index (Phi) is 6.12. The van der Waals surface area contributed by atoms with E-state index in [0.29, 0.717) is 17.0 Å². The van der Waals surface area contributed by atoms with Crippen LogP contribution in [0.2, 0.25) is 0 Å². The van der Waals surface area contributed by atoms with Gasteiger partial charge in [0.15, 0.2) is 0 Å². The molecule has 6 nitrogen and oxygen atoms in total. The first-order valence-electron chi connectivity index (χ1n) is 11.8. The maximum absolute atomic E-state index is 11.7. The van der Waals surface area contributed by atoms with Gasteiger partial charge >= 0.3 is 5.97 Å². The van der Waals surface area contributed by atoms with Gasteiger partial charge < -0.3 is 19.7 Å². The van der Waals surface area contributed by atoms with Crippen LogP contribution < -0.4 is 10.1 Å². The molecule has 0 spiro atoms. The van der Waals surface area contributed by atoms with Gasteiger partial charge in [0.25, 0.3) is 0 Å². The number of aromatic carboxylic acids is 1. The van der Waals surface area contributed by atoms with Gasteiger partial charge in [0.2, 0.25) is 5.95 Å². The topological polar surface area (TPSA) is 76.4 Å². The molecule has 0 aliphatic heterocycles. The maximum Gasteiger partial charge on any atom is 0.336 e. The third-order valence-electron chi connectivity index (χ3n) is 6.56. The third kappa shape index (κ3) is 4.85. The second kappa shape index (κ2) is 8.73. The van der Waals surface area contributed by atoms with Gasteiger partial charge in [-0.3, -0.25) is 0 Å². The van der Waals surface area contributed by atoms with Crippen molar-refractivity contribution in [3.63, 3.8) is 0 Å². The van der Waals surface area contributed by atoms with Gasteiger partial charge in [-0.25, -0.2) is 9.78 Å². The zero-order chi connectivity index (χ0) is 23.9. The molecule has 1 saturated carbocycles. The zero-order valence-electron chi connectivity index (χ0n) is 20.5. The van der Waals surface area contributed by atoms with Gasteiger partial charge in [-0.2, -0.15) is 0 Å². The normalized spacial score (nSPS) is 20.2. The highest BCUT2D eigenvalue weighted by Crippen LogP contribution is 2.46. The van der Waals surface area contributed by atoms with E-state index in [4.69, 9.17) is 9.72 Å². The predicted molar refractivity (Wildman–Crippen MR) is 133 cm³/mol. The molecule has 1 unspecified atom stereocenters. The smallest absolute Gasteiger partial charge is 0.336 e. The summed E-state index contributed by atoms with van der Waals surface area (Å²) >= 11 is 0. The van der Waals surface area contributed by atoms with Gasteiger partial charge in [-0.1, -0.05) is 20.8 Å². The fraction of sp³-hybridized carbons (Fsp3) is 0.481. The third-order valence-corrected chi connectivity index (χ3v) is 6.56. The van der Waals surface area contributed by atoms with Crippen molar-refractivity contribution >= 4 is 28.6 Å². The predicted octanol–water partition coefficient (Wildman–Crippen LogP) is 6.96. The summed E-state index contributed by atoms with van der Waals surface area (Å²) < 4.78 is 8.06. The van der Waals surface area contributed by atoms with E-state index in [1.54, 1.807) is 6.07 Å². The summed E-state index contributed by atoms with van der Waals surface area (Å²) in [4.78, 5) is 16.7.